The van der Waals surface area contributed by atoms with Crippen molar-refractivity contribution in [2.75, 3.05) is 17.3 Å². The maximum absolute atomic E-state index is 14.2. The summed E-state index contributed by atoms with van der Waals surface area (Å²) in [6.45, 7) is 4.08. The van der Waals surface area contributed by atoms with E-state index in [1.165, 1.54) is 0 Å². The number of aliphatic hydroxyl groups is 1. The fraction of sp³-hybridized carbons (Fsp3) is 0.625. The Bertz CT molecular complexity index is 442. The van der Waals surface area contributed by atoms with Crippen molar-refractivity contribution in [2.45, 2.75) is 57.7 Å². The molecule has 2 N–H and O–H groups in total. The van der Waals surface area contributed by atoms with Crippen LogP contribution < -0.4 is 10.2 Å². The summed E-state index contributed by atoms with van der Waals surface area (Å²) in [5.74, 6) is -0.193. The zero-order valence-corrected chi connectivity index (χ0v) is 12.6. The summed E-state index contributed by atoms with van der Waals surface area (Å²) in [6.07, 6.45) is 3.38. The van der Waals surface area contributed by atoms with Crippen molar-refractivity contribution < 1.29 is 9.50 Å². The highest BCUT2D eigenvalue weighted by Crippen LogP contribution is 2.26. The lowest BCUT2D eigenvalue weighted by atomic mass is 9.93. The molecule has 1 aliphatic rings. The molecule has 3 nitrogen and oxygen atoms in total. The third-order valence-electron chi connectivity index (χ3n) is 4.17. The van der Waals surface area contributed by atoms with Crippen LogP contribution in [0, 0.1) is 5.82 Å². The minimum atomic E-state index is -0.193. The van der Waals surface area contributed by atoms with E-state index in [1.54, 1.807) is 6.07 Å². The molecule has 0 amide bonds. The number of benzene rings is 1. The van der Waals surface area contributed by atoms with Gasteiger partial charge >= 0.3 is 0 Å². The third-order valence-corrected chi connectivity index (χ3v) is 4.17. The number of hydrogen-bond acceptors (Lipinski definition) is 3. The summed E-state index contributed by atoms with van der Waals surface area (Å²) in [7, 11) is 1.90. The first-order valence-electron chi connectivity index (χ1n) is 7.44. The van der Waals surface area contributed by atoms with Crippen molar-refractivity contribution in [3.8, 4) is 0 Å². The smallest absolute Gasteiger partial charge is 0.148 e. The molecule has 0 saturated heterocycles. The Balaban J connectivity index is 2.02. The molecule has 0 aromatic heterocycles. The summed E-state index contributed by atoms with van der Waals surface area (Å²) in [6, 6.07) is 5.94. The Hall–Kier alpha value is -1.29. The standard InChI is InChI=1S/C16H25FN2O/c1-11(2)19(3)16-9-6-13(10-15(16)17)18-12-4-7-14(20)8-5-12/h6,9-12,14,18,20H,4-5,7-8H2,1-3H3. The van der Waals surface area contributed by atoms with Crippen molar-refractivity contribution >= 4 is 11.4 Å². The molecule has 2 rings (SSSR count). The SMILES string of the molecule is CC(C)N(C)c1ccc(NC2CCC(O)CC2)cc1F. The average molecular weight is 280 g/mol. The average Bonchev–Trinajstić information content (AvgIpc) is 2.41. The van der Waals surface area contributed by atoms with Gasteiger partial charge in [-0.3, -0.25) is 0 Å². The number of halogens is 1. The second kappa shape index (κ2) is 6.44. The maximum Gasteiger partial charge on any atom is 0.148 e. The van der Waals surface area contributed by atoms with E-state index in [9.17, 15) is 9.50 Å². The van der Waals surface area contributed by atoms with Crippen LogP contribution in [0.5, 0.6) is 0 Å². The van der Waals surface area contributed by atoms with Crippen LogP contribution in [0.25, 0.3) is 0 Å². The van der Waals surface area contributed by atoms with Gasteiger partial charge in [-0.05, 0) is 57.7 Å². The fourth-order valence-electron chi connectivity index (χ4n) is 2.62. The van der Waals surface area contributed by atoms with E-state index in [1.807, 2.05) is 37.9 Å². The van der Waals surface area contributed by atoms with Gasteiger partial charge in [-0.2, -0.15) is 0 Å². The zero-order valence-electron chi connectivity index (χ0n) is 12.6. The van der Waals surface area contributed by atoms with E-state index < -0.39 is 0 Å². The largest absolute Gasteiger partial charge is 0.393 e. The van der Waals surface area contributed by atoms with Gasteiger partial charge < -0.3 is 15.3 Å². The lowest BCUT2D eigenvalue weighted by Gasteiger charge is -2.28. The van der Waals surface area contributed by atoms with Crippen LogP contribution in [0.3, 0.4) is 0 Å². The van der Waals surface area contributed by atoms with E-state index in [2.05, 4.69) is 5.32 Å². The molecule has 20 heavy (non-hydrogen) atoms. The van der Waals surface area contributed by atoms with E-state index in [4.69, 9.17) is 0 Å². The highest BCUT2D eigenvalue weighted by Gasteiger charge is 2.19. The first kappa shape index (κ1) is 15.1. The van der Waals surface area contributed by atoms with Crippen molar-refractivity contribution in [1.82, 2.24) is 0 Å². The second-order valence-electron chi connectivity index (χ2n) is 6.02. The molecule has 0 spiro atoms. The van der Waals surface area contributed by atoms with Gasteiger partial charge in [-0.1, -0.05) is 0 Å². The topological polar surface area (TPSA) is 35.5 Å². The molecule has 0 aliphatic heterocycles. The molecule has 1 fully saturated rings. The lowest BCUT2D eigenvalue weighted by molar-refractivity contribution is 0.126. The van der Waals surface area contributed by atoms with Gasteiger partial charge in [0.05, 0.1) is 11.8 Å². The Labute approximate surface area is 120 Å². The molecule has 4 heteroatoms. The summed E-state index contributed by atoms with van der Waals surface area (Å²) >= 11 is 0. The quantitative estimate of drug-likeness (QED) is 0.887. The molecule has 0 bridgehead atoms. The van der Waals surface area contributed by atoms with Gasteiger partial charge in [0.1, 0.15) is 5.82 Å². The van der Waals surface area contributed by atoms with E-state index in [0.717, 1.165) is 31.4 Å². The van der Waals surface area contributed by atoms with Gasteiger partial charge in [0.25, 0.3) is 0 Å². The van der Waals surface area contributed by atoms with Crippen LogP contribution in [0.4, 0.5) is 15.8 Å². The third kappa shape index (κ3) is 3.63. The number of nitrogens with zero attached hydrogens (tertiary/aromatic N) is 1. The number of anilines is 2. The molecule has 1 aromatic rings. The van der Waals surface area contributed by atoms with E-state index >= 15 is 0 Å². The van der Waals surface area contributed by atoms with Crippen LogP contribution in [-0.4, -0.2) is 30.3 Å². The summed E-state index contributed by atoms with van der Waals surface area (Å²) < 4.78 is 14.2. The number of nitrogens with one attached hydrogen (secondary N) is 1. The summed E-state index contributed by atoms with van der Waals surface area (Å²) in [4.78, 5) is 1.93. The van der Waals surface area contributed by atoms with Gasteiger partial charge in [-0.25, -0.2) is 4.39 Å². The molecular formula is C16H25FN2O. The van der Waals surface area contributed by atoms with Crippen molar-refractivity contribution in [3.05, 3.63) is 24.0 Å². The second-order valence-corrected chi connectivity index (χ2v) is 6.02. The summed E-state index contributed by atoms with van der Waals surface area (Å²) in [5, 5.41) is 12.9. The summed E-state index contributed by atoms with van der Waals surface area (Å²) in [5.41, 5.74) is 1.45. The van der Waals surface area contributed by atoms with Crippen LogP contribution in [0.15, 0.2) is 18.2 Å². The molecule has 112 valence electrons. The number of rotatable bonds is 4. The first-order chi connectivity index (χ1) is 9.47. The normalized spacial score (nSPS) is 22.9. The van der Waals surface area contributed by atoms with Gasteiger partial charge in [0.2, 0.25) is 0 Å². The molecule has 0 unspecified atom stereocenters. The lowest BCUT2D eigenvalue weighted by Crippen LogP contribution is -2.28. The minimum Gasteiger partial charge on any atom is -0.393 e. The van der Waals surface area contributed by atoms with E-state index in [-0.39, 0.29) is 18.0 Å². The Kier molecular flexibility index (Phi) is 4.86. The predicted octanol–water partition coefficient (Wildman–Crippen LogP) is 3.39. The number of aliphatic hydroxyl groups excluding tert-OH is 1. The van der Waals surface area contributed by atoms with Crippen molar-refractivity contribution in [1.29, 1.82) is 0 Å². The van der Waals surface area contributed by atoms with Crippen LogP contribution in [-0.2, 0) is 0 Å². The highest BCUT2D eigenvalue weighted by molar-refractivity contribution is 5.56. The van der Waals surface area contributed by atoms with Gasteiger partial charge in [-0.15, -0.1) is 0 Å². The molecule has 0 atom stereocenters. The Morgan fingerprint density at radius 2 is 1.90 bits per heavy atom. The van der Waals surface area contributed by atoms with Crippen LogP contribution in [0.1, 0.15) is 39.5 Å². The van der Waals surface area contributed by atoms with Crippen LogP contribution in [0.2, 0.25) is 0 Å². The fourth-order valence-corrected chi connectivity index (χ4v) is 2.62. The van der Waals surface area contributed by atoms with E-state index in [0.29, 0.717) is 11.7 Å². The minimum absolute atomic E-state index is 0.160. The Morgan fingerprint density at radius 3 is 2.45 bits per heavy atom. The van der Waals surface area contributed by atoms with Crippen LogP contribution >= 0.6 is 0 Å². The molecule has 1 aromatic carbocycles. The number of hydrogen-bond donors (Lipinski definition) is 2. The first-order valence-corrected chi connectivity index (χ1v) is 7.44. The highest BCUT2D eigenvalue weighted by atomic mass is 19.1. The maximum atomic E-state index is 14.2. The zero-order chi connectivity index (χ0) is 14.7. The monoisotopic (exact) mass is 280 g/mol. The van der Waals surface area contributed by atoms with Gasteiger partial charge in [0.15, 0.2) is 0 Å². The van der Waals surface area contributed by atoms with Crippen molar-refractivity contribution in [2.24, 2.45) is 0 Å². The molecule has 1 saturated carbocycles. The Morgan fingerprint density at radius 1 is 1.25 bits per heavy atom. The molecular weight excluding hydrogens is 255 g/mol. The molecule has 0 radical (unpaired) electrons. The predicted molar refractivity (Wildman–Crippen MR) is 81.8 cm³/mol. The van der Waals surface area contributed by atoms with Gasteiger partial charge in [0, 0.05) is 24.8 Å². The molecule has 0 heterocycles. The molecule has 1 aliphatic carbocycles. The van der Waals surface area contributed by atoms with Crippen molar-refractivity contribution in [3.63, 3.8) is 0 Å².